The Labute approximate surface area is 126 Å². The zero-order chi connectivity index (χ0) is 15.4. The number of hydrogen-bond acceptors (Lipinski definition) is 2. The third-order valence-electron chi connectivity index (χ3n) is 3.85. The van der Waals surface area contributed by atoms with E-state index in [2.05, 4.69) is 13.5 Å². The molecule has 0 N–H and O–H groups in total. The van der Waals surface area contributed by atoms with E-state index in [9.17, 15) is 9.59 Å². The van der Waals surface area contributed by atoms with Gasteiger partial charge in [0, 0.05) is 29.9 Å². The molecule has 112 valence electrons. The highest BCUT2D eigenvalue weighted by atomic mass is 16.2. The number of fused-ring (bicyclic) bond motifs is 1. The zero-order valence-electron chi connectivity index (χ0n) is 12.8. The zero-order valence-corrected chi connectivity index (χ0v) is 12.8. The molecule has 4 heteroatoms. The van der Waals surface area contributed by atoms with Gasteiger partial charge in [-0.1, -0.05) is 38.1 Å². The Morgan fingerprint density at radius 1 is 1.24 bits per heavy atom. The Balaban J connectivity index is 2.09. The summed E-state index contributed by atoms with van der Waals surface area (Å²) in [6.45, 7) is 9.50. The molecule has 0 saturated heterocycles. The van der Waals surface area contributed by atoms with E-state index in [1.807, 2.05) is 25.1 Å². The van der Waals surface area contributed by atoms with Crippen LogP contribution in [0.2, 0.25) is 0 Å². The molecule has 1 aromatic carbocycles. The lowest BCUT2D eigenvalue weighted by Gasteiger charge is -2.24. The van der Waals surface area contributed by atoms with Crippen molar-refractivity contribution in [2.75, 3.05) is 19.6 Å². The van der Waals surface area contributed by atoms with E-state index in [1.54, 1.807) is 11.0 Å². The predicted octanol–water partition coefficient (Wildman–Crippen LogP) is 2.76. The summed E-state index contributed by atoms with van der Waals surface area (Å²) >= 11 is 0. The number of amides is 2. The number of hydrogen-bond donors (Lipinski definition) is 0. The fourth-order valence-corrected chi connectivity index (χ4v) is 2.55. The SMILES string of the molecule is C=C1c2ccccc2C(=O)N1CC(=O)N(CC)CCCC. The number of unbranched alkanes of at least 4 members (excludes halogenated alkanes) is 1. The maximum Gasteiger partial charge on any atom is 0.259 e. The van der Waals surface area contributed by atoms with Crippen LogP contribution in [-0.4, -0.2) is 41.2 Å². The first-order chi connectivity index (χ1) is 10.1. The smallest absolute Gasteiger partial charge is 0.259 e. The lowest BCUT2D eigenvalue weighted by Crippen LogP contribution is -2.40. The molecule has 21 heavy (non-hydrogen) atoms. The Hall–Kier alpha value is -2.10. The molecule has 2 rings (SSSR count). The van der Waals surface area contributed by atoms with Crippen molar-refractivity contribution < 1.29 is 9.59 Å². The van der Waals surface area contributed by atoms with Crippen molar-refractivity contribution >= 4 is 17.5 Å². The van der Waals surface area contributed by atoms with E-state index < -0.39 is 0 Å². The van der Waals surface area contributed by atoms with Crippen LogP contribution in [0.15, 0.2) is 30.8 Å². The highest BCUT2D eigenvalue weighted by Crippen LogP contribution is 2.30. The topological polar surface area (TPSA) is 40.6 Å². The van der Waals surface area contributed by atoms with Gasteiger partial charge in [-0.2, -0.15) is 0 Å². The van der Waals surface area contributed by atoms with E-state index in [0.717, 1.165) is 24.9 Å². The van der Waals surface area contributed by atoms with E-state index in [0.29, 0.717) is 17.8 Å². The molecule has 0 atom stereocenters. The summed E-state index contributed by atoms with van der Waals surface area (Å²) in [6, 6.07) is 7.36. The lowest BCUT2D eigenvalue weighted by atomic mass is 10.1. The second kappa shape index (κ2) is 6.57. The second-order valence-electron chi connectivity index (χ2n) is 5.21. The van der Waals surface area contributed by atoms with Crippen LogP contribution < -0.4 is 0 Å². The molecule has 0 radical (unpaired) electrons. The van der Waals surface area contributed by atoms with Gasteiger partial charge in [-0.25, -0.2) is 0 Å². The summed E-state index contributed by atoms with van der Waals surface area (Å²) in [4.78, 5) is 28.0. The average Bonchev–Trinajstić information content (AvgIpc) is 2.74. The van der Waals surface area contributed by atoms with Gasteiger partial charge < -0.3 is 4.90 Å². The standard InChI is InChI=1S/C17H22N2O2/c1-4-6-11-18(5-2)16(20)12-19-13(3)14-9-7-8-10-15(14)17(19)21/h7-10H,3-6,11-12H2,1-2H3. The molecular formula is C17H22N2O2. The van der Waals surface area contributed by atoms with Crippen LogP contribution in [0.25, 0.3) is 5.70 Å². The van der Waals surface area contributed by atoms with Gasteiger partial charge >= 0.3 is 0 Å². The van der Waals surface area contributed by atoms with E-state index in [-0.39, 0.29) is 18.4 Å². The van der Waals surface area contributed by atoms with Gasteiger partial charge in [0.2, 0.25) is 5.91 Å². The van der Waals surface area contributed by atoms with Crippen LogP contribution in [-0.2, 0) is 4.79 Å². The molecule has 0 unspecified atom stereocenters. The van der Waals surface area contributed by atoms with E-state index in [4.69, 9.17) is 0 Å². The summed E-state index contributed by atoms with van der Waals surface area (Å²) in [5, 5.41) is 0. The molecule has 1 aliphatic rings. The molecule has 1 heterocycles. The predicted molar refractivity (Wildman–Crippen MR) is 83.7 cm³/mol. The van der Waals surface area contributed by atoms with E-state index >= 15 is 0 Å². The fraction of sp³-hybridized carbons (Fsp3) is 0.412. The fourth-order valence-electron chi connectivity index (χ4n) is 2.55. The quantitative estimate of drug-likeness (QED) is 0.807. The Morgan fingerprint density at radius 3 is 2.48 bits per heavy atom. The first-order valence-electron chi connectivity index (χ1n) is 7.48. The number of benzene rings is 1. The maximum atomic E-state index is 12.4. The van der Waals surface area contributed by atoms with Gasteiger partial charge in [0.15, 0.2) is 0 Å². The van der Waals surface area contributed by atoms with Crippen LogP contribution in [0.3, 0.4) is 0 Å². The third-order valence-corrected chi connectivity index (χ3v) is 3.85. The molecule has 0 spiro atoms. The van der Waals surface area contributed by atoms with Crippen LogP contribution >= 0.6 is 0 Å². The second-order valence-corrected chi connectivity index (χ2v) is 5.21. The van der Waals surface area contributed by atoms with E-state index in [1.165, 1.54) is 4.90 Å². The molecule has 1 aromatic rings. The monoisotopic (exact) mass is 286 g/mol. The van der Waals surface area contributed by atoms with Crippen molar-refractivity contribution in [3.8, 4) is 0 Å². The number of likely N-dealkylation sites (N-methyl/N-ethyl adjacent to an activating group) is 1. The lowest BCUT2D eigenvalue weighted by molar-refractivity contribution is -0.131. The van der Waals surface area contributed by atoms with Gasteiger partial charge in [0.05, 0.1) is 0 Å². The molecule has 0 bridgehead atoms. The Kier molecular flexibility index (Phi) is 4.78. The van der Waals surface area contributed by atoms with Crippen molar-refractivity contribution in [1.29, 1.82) is 0 Å². The normalized spacial score (nSPS) is 13.5. The van der Waals surface area contributed by atoms with Crippen LogP contribution in [0, 0.1) is 0 Å². The highest BCUT2D eigenvalue weighted by Gasteiger charge is 2.32. The molecule has 2 amide bonds. The summed E-state index contributed by atoms with van der Waals surface area (Å²) in [6.07, 6.45) is 2.03. The van der Waals surface area contributed by atoms with Crippen molar-refractivity contribution in [3.05, 3.63) is 42.0 Å². The first-order valence-corrected chi connectivity index (χ1v) is 7.48. The van der Waals surface area contributed by atoms with Crippen molar-refractivity contribution in [2.45, 2.75) is 26.7 Å². The molecule has 0 saturated carbocycles. The average molecular weight is 286 g/mol. The van der Waals surface area contributed by atoms with Crippen LogP contribution in [0.1, 0.15) is 42.6 Å². The molecular weight excluding hydrogens is 264 g/mol. The summed E-state index contributed by atoms with van der Waals surface area (Å²) in [5.41, 5.74) is 2.08. The van der Waals surface area contributed by atoms with Gasteiger partial charge in [0.25, 0.3) is 5.91 Å². The molecule has 1 aliphatic heterocycles. The maximum absolute atomic E-state index is 12.4. The molecule has 0 aliphatic carbocycles. The third kappa shape index (κ3) is 2.99. The minimum atomic E-state index is -0.129. The highest BCUT2D eigenvalue weighted by molar-refractivity contribution is 6.10. The largest absolute Gasteiger partial charge is 0.341 e. The number of carbonyl (C=O) groups is 2. The molecule has 0 fully saturated rings. The number of rotatable bonds is 6. The molecule has 0 aromatic heterocycles. The number of nitrogens with zero attached hydrogens (tertiary/aromatic N) is 2. The van der Waals surface area contributed by atoms with Gasteiger partial charge in [-0.3, -0.25) is 14.5 Å². The van der Waals surface area contributed by atoms with Crippen LogP contribution in [0.4, 0.5) is 0 Å². The van der Waals surface area contributed by atoms with Gasteiger partial charge in [-0.15, -0.1) is 0 Å². The van der Waals surface area contributed by atoms with Gasteiger partial charge in [-0.05, 0) is 19.4 Å². The summed E-state index contributed by atoms with van der Waals surface area (Å²) in [5.74, 6) is -0.149. The summed E-state index contributed by atoms with van der Waals surface area (Å²) < 4.78 is 0. The summed E-state index contributed by atoms with van der Waals surface area (Å²) in [7, 11) is 0. The Morgan fingerprint density at radius 2 is 1.90 bits per heavy atom. The van der Waals surface area contributed by atoms with Gasteiger partial charge in [0.1, 0.15) is 6.54 Å². The first kappa shape index (κ1) is 15.3. The minimum absolute atomic E-state index is 0.0201. The van der Waals surface area contributed by atoms with Crippen molar-refractivity contribution in [3.63, 3.8) is 0 Å². The Bertz CT molecular complexity index is 531. The molecule has 4 nitrogen and oxygen atoms in total. The number of carbonyl (C=O) groups excluding carboxylic acids is 2. The van der Waals surface area contributed by atoms with Crippen molar-refractivity contribution in [1.82, 2.24) is 9.80 Å². The van der Waals surface area contributed by atoms with Crippen molar-refractivity contribution in [2.24, 2.45) is 0 Å². The minimum Gasteiger partial charge on any atom is -0.341 e. The van der Waals surface area contributed by atoms with Crippen LogP contribution in [0.5, 0.6) is 0 Å².